The van der Waals surface area contributed by atoms with Crippen LogP contribution in [0.2, 0.25) is 0 Å². The van der Waals surface area contributed by atoms with Gasteiger partial charge in [0.1, 0.15) is 0 Å². The molecule has 0 radical (unpaired) electrons. The number of rotatable bonds is 4. The van der Waals surface area contributed by atoms with Crippen molar-refractivity contribution in [3.63, 3.8) is 0 Å². The van der Waals surface area contributed by atoms with E-state index in [4.69, 9.17) is 11.0 Å². The molecule has 0 aliphatic rings. The van der Waals surface area contributed by atoms with Gasteiger partial charge in [-0.05, 0) is 35.9 Å². The summed E-state index contributed by atoms with van der Waals surface area (Å²) in [5.41, 5.74) is 8.52. The Kier molecular flexibility index (Phi) is 4.15. The van der Waals surface area contributed by atoms with E-state index in [0.717, 1.165) is 5.56 Å². The highest BCUT2D eigenvalue weighted by Gasteiger charge is 2.06. The molecule has 108 valence electrons. The Morgan fingerprint density at radius 3 is 2.43 bits per heavy atom. The minimum atomic E-state index is -3.18. The molecule has 0 saturated carbocycles. The molecule has 5 nitrogen and oxygen atoms in total. The van der Waals surface area contributed by atoms with Gasteiger partial charge in [-0.15, -0.1) is 0 Å². The first-order valence-corrected chi connectivity index (χ1v) is 8.12. The van der Waals surface area contributed by atoms with Gasteiger partial charge in [0.25, 0.3) is 0 Å². The number of nitrogens with two attached hydrogens (primary N) is 1. The number of benzene rings is 2. The van der Waals surface area contributed by atoms with Gasteiger partial charge < -0.3 is 11.1 Å². The summed E-state index contributed by atoms with van der Waals surface area (Å²) >= 11 is 0. The lowest BCUT2D eigenvalue weighted by Crippen LogP contribution is -2.03. The van der Waals surface area contributed by atoms with Gasteiger partial charge in [0.05, 0.1) is 27.9 Å². The maximum atomic E-state index is 11.4. The standard InChI is InChI=1S/C15H15N3O2S/c1-21(19,20)13-5-2-11(3-6-13)10-18-15-8-12(9-16)4-7-14(15)17/h2-8,18H,10,17H2,1H3. The number of hydrogen-bond acceptors (Lipinski definition) is 5. The van der Waals surface area contributed by atoms with Crippen molar-refractivity contribution < 1.29 is 8.42 Å². The van der Waals surface area contributed by atoms with Crippen molar-refractivity contribution >= 4 is 21.2 Å². The predicted octanol–water partition coefficient (Wildman–Crippen LogP) is 2.16. The molecule has 0 aliphatic heterocycles. The van der Waals surface area contributed by atoms with Crippen LogP contribution in [0.15, 0.2) is 47.4 Å². The van der Waals surface area contributed by atoms with Crippen molar-refractivity contribution in [3.05, 3.63) is 53.6 Å². The van der Waals surface area contributed by atoms with E-state index in [9.17, 15) is 8.42 Å². The highest BCUT2D eigenvalue weighted by Crippen LogP contribution is 2.20. The third-order valence-corrected chi connectivity index (χ3v) is 4.15. The molecule has 0 unspecified atom stereocenters. The molecule has 0 aliphatic carbocycles. The molecule has 0 fully saturated rings. The second-order valence-corrected chi connectivity index (χ2v) is 6.70. The number of nitrogens with one attached hydrogen (secondary N) is 1. The zero-order valence-electron chi connectivity index (χ0n) is 11.5. The number of hydrogen-bond donors (Lipinski definition) is 2. The van der Waals surface area contributed by atoms with Gasteiger partial charge in [-0.3, -0.25) is 0 Å². The Labute approximate surface area is 123 Å². The highest BCUT2D eigenvalue weighted by molar-refractivity contribution is 7.90. The normalized spacial score (nSPS) is 10.9. The fourth-order valence-corrected chi connectivity index (χ4v) is 2.46. The van der Waals surface area contributed by atoms with E-state index in [-0.39, 0.29) is 4.90 Å². The van der Waals surface area contributed by atoms with Crippen molar-refractivity contribution in [1.29, 1.82) is 5.26 Å². The van der Waals surface area contributed by atoms with Gasteiger partial charge in [-0.2, -0.15) is 5.26 Å². The summed E-state index contributed by atoms with van der Waals surface area (Å²) in [5.74, 6) is 0. The third kappa shape index (κ3) is 3.74. The van der Waals surface area contributed by atoms with Crippen LogP contribution in [0, 0.1) is 11.3 Å². The Morgan fingerprint density at radius 1 is 1.19 bits per heavy atom. The molecule has 0 atom stereocenters. The van der Waals surface area contributed by atoms with Crippen LogP contribution in [-0.2, 0) is 16.4 Å². The average Bonchev–Trinajstić information content (AvgIpc) is 2.46. The van der Waals surface area contributed by atoms with Gasteiger partial charge in [-0.25, -0.2) is 8.42 Å². The van der Waals surface area contributed by atoms with Crippen molar-refractivity contribution in [2.24, 2.45) is 0 Å². The van der Waals surface area contributed by atoms with Crippen LogP contribution in [0.1, 0.15) is 11.1 Å². The average molecular weight is 301 g/mol. The quantitative estimate of drug-likeness (QED) is 0.844. The fraction of sp³-hybridized carbons (Fsp3) is 0.133. The number of nitrogen functional groups attached to an aromatic ring is 1. The van der Waals surface area contributed by atoms with Crippen LogP contribution in [-0.4, -0.2) is 14.7 Å². The van der Waals surface area contributed by atoms with Crippen LogP contribution in [0.5, 0.6) is 0 Å². The lowest BCUT2D eigenvalue weighted by molar-refractivity contribution is 0.602. The number of nitrogens with zero attached hydrogens (tertiary/aromatic N) is 1. The minimum absolute atomic E-state index is 0.289. The summed E-state index contributed by atoms with van der Waals surface area (Å²) in [6.07, 6.45) is 1.17. The summed E-state index contributed by atoms with van der Waals surface area (Å²) in [6, 6.07) is 13.7. The van der Waals surface area contributed by atoms with Gasteiger partial charge in [0, 0.05) is 12.8 Å². The monoisotopic (exact) mass is 301 g/mol. The first-order chi connectivity index (χ1) is 9.90. The van der Waals surface area contributed by atoms with E-state index < -0.39 is 9.84 Å². The Bertz CT molecular complexity index is 791. The van der Waals surface area contributed by atoms with Crippen molar-refractivity contribution in [2.75, 3.05) is 17.3 Å². The third-order valence-electron chi connectivity index (χ3n) is 3.02. The Morgan fingerprint density at radius 2 is 1.86 bits per heavy atom. The maximum Gasteiger partial charge on any atom is 0.175 e. The van der Waals surface area contributed by atoms with Gasteiger partial charge in [-0.1, -0.05) is 12.1 Å². The number of sulfone groups is 1. The zero-order valence-corrected chi connectivity index (χ0v) is 12.3. The molecule has 0 heterocycles. The first-order valence-electron chi connectivity index (χ1n) is 6.22. The summed E-state index contributed by atoms with van der Waals surface area (Å²) in [4.78, 5) is 0.289. The molecule has 6 heteroatoms. The van der Waals surface area contributed by atoms with Crippen molar-refractivity contribution in [2.45, 2.75) is 11.4 Å². The summed E-state index contributed by atoms with van der Waals surface area (Å²) in [6.45, 7) is 0.489. The molecular formula is C15H15N3O2S. The van der Waals surface area contributed by atoms with E-state index >= 15 is 0 Å². The van der Waals surface area contributed by atoms with E-state index in [1.54, 1.807) is 42.5 Å². The van der Waals surface area contributed by atoms with Crippen molar-refractivity contribution in [3.8, 4) is 6.07 Å². The molecule has 0 spiro atoms. The molecule has 2 aromatic rings. The fourth-order valence-electron chi connectivity index (χ4n) is 1.83. The second-order valence-electron chi connectivity index (χ2n) is 4.68. The van der Waals surface area contributed by atoms with E-state index in [2.05, 4.69) is 11.4 Å². The molecular weight excluding hydrogens is 286 g/mol. The Balaban J connectivity index is 2.12. The van der Waals surface area contributed by atoms with Gasteiger partial charge in [0.15, 0.2) is 9.84 Å². The molecule has 2 aromatic carbocycles. The van der Waals surface area contributed by atoms with Crippen LogP contribution in [0.4, 0.5) is 11.4 Å². The van der Waals surface area contributed by atoms with Gasteiger partial charge >= 0.3 is 0 Å². The van der Waals surface area contributed by atoms with Crippen LogP contribution in [0.3, 0.4) is 0 Å². The Hall–Kier alpha value is -2.52. The lowest BCUT2D eigenvalue weighted by atomic mass is 10.1. The first kappa shape index (κ1) is 14.9. The van der Waals surface area contributed by atoms with Crippen LogP contribution in [0.25, 0.3) is 0 Å². The molecule has 0 amide bonds. The largest absolute Gasteiger partial charge is 0.397 e. The lowest BCUT2D eigenvalue weighted by Gasteiger charge is -2.10. The molecule has 21 heavy (non-hydrogen) atoms. The molecule has 2 rings (SSSR count). The predicted molar refractivity (Wildman–Crippen MR) is 82.4 cm³/mol. The summed E-state index contributed by atoms with van der Waals surface area (Å²) in [7, 11) is -3.18. The van der Waals surface area contributed by atoms with Crippen LogP contribution >= 0.6 is 0 Å². The zero-order chi connectivity index (χ0) is 15.5. The number of anilines is 2. The van der Waals surface area contributed by atoms with Gasteiger partial charge in [0.2, 0.25) is 0 Å². The molecule has 0 saturated heterocycles. The van der Waals surface area contributed by atoms with Crippen LogP contribution < -0.4 is 11.1 Å². The topological polar surface area (TPSA) is 96.0 Å². The minimum Gasteiger partial charge on any atom is -0.397 e. The van der Waals surface area contributed by atoms with Crippen molar-refractivity contribution in [1.82, 2.24) is 0 Å². The smallest absolute Gasteiger partial charge is 0.175 e. The van der Waals surface area contributed by atoms with E-state index in [1.165, 1.54) is 6.26 Å². The van der Waals surface area contributed by atoms with E-state index in [0.29, 0.717) is 23.5 Å². The summed E-state index contributed by atoms with van der Waals surface area (Å²) in [5, 5.41) is 12.0. The second kappa shape index (κ2) is 5.85. The molecule has 0 bridgehead atoms. The molecule has 3 N–H and O–H groups in total. The highest BCUT2D eigenvalue weighted by atomic mass is 32.2. The SMILES string of the molecule is CS(=O)(=O)c1ccc(CNc2cc(C#N)ccc2N)cc1. The number of nitriles is 1. The maximum absolute atomic E-state index is 11.4. The summed E-state index contributed by atoms with van der Waals surface area (Å²) < 4.78 is 22.8. The van der Waals surface area contributed by atoms with E-state index in [1.807, 2.05) is 0 Å². The molecule has 0 aromatic heterocycles.